The zero-order valence-electron chi connectivity index (χ0n) is 13.7. The molecule has 0 aromatic heterocycles. The van der Waals surface area contributed by atoms with E-state index in [9.17, 15) is 9.90 Å². The Kier molecular flexibility index (Phi) is 7.21. The van der Waals surface area contributed by atoms with Crippen molar-refractivity contribution < 1.29 is 9.90 Å². The average Bonchev–Trinajstić information content (AvgIpc) is 2.49. The minimum atomic E-state index is -0.326. The van der Waals surface area contributed by atoms with E-state index in [1.807, 2.05) is 29.2 Å². The third kappa shape index (κ3) is 5.99. The van der Waals surface area contributed by atoms with Crippen LogP contribution in [0.15, 0.2) is 24.3 Å². The number of aliphatic hydroxyl groups is 1. The van der Waals surface area contributed by atoms with Gasteiger partial charge < -0.3 is 10.0 Å². The maximum Gasteiger partial charge on any atom is 0.232 e. The Labute approximate surface area is 147 Å². The Morgan fingerprint density at radius 3 is 2.91 bits per heavy atom. The van der Waals surface area contributed by atoms with Gasteiger partial charge in [-0.2, -0.15) is 0 Å². The average molecular weight is 357 g/mol. The molecule has 1 heterocycles. The van der Waals surface area contributed by atoms with Crippen LogP contribution in [0.5, 0.6) is 0 Å². The highest BCUT2D eigenvalue weighted by atomic mass is 35.5. The Morgan fingerprint density at radius 2 is 2.26 bits per heavy atom. The zero-order valence-corrected chi connectivity index (χ0v) is 15.3. The van der Waals surface area contributed by atoms with Gasteiger partial charge in [0.25, 0.3) is 0 Å². The minimum Gasteiger partial charge on any atom is -0.392 e. The largest absolute Gasteiger partial charge is 0.392 e. The lowest BCUT2D eigenvalue weighted by molar-refractivity contribution is -0.131. The molecule has 128 valence electrons. The van der Waals surface area contributed by atoms with Crippen LogP contribution in [0.25, 0.3) is 0 Å². The number of carbonyl (C=O) groups is 1. The molecule has 23 heavy (non-hydrogen) atoms. The molecule has 0 aliphatic carbocycles. The zero-order chi connectivity index (χ0) is 16.8. The summed E-state index contributed by atoms with van der Waals surface area (Å²) in [6.07, 6.45) is -0.326. The standard InChI is InChI=1S/C17H25ClN2O2S/c1-13-9-20(7-6-19(13)10-14(2)21)17(22)12-23-11-15-4-3-5-16(18)8-15/h3-5,8,13-14,21H,6-7,9-12H2,1-2H3/t13-,14+/m1/s1. The van der Waals surface area contributed by atoms with E-state index < -0.39 is 0 Å². The van der Waals surface area contributed by atoms with Gasteiger partial charge in [0, 0.05) is 43.0 Å². The van der Waals surface area contributed by atoms with E-state index in [-0.39, 0.29) is 12.0 Å². The van der Waals surface area contributed by atoms with Crippen LogP contribution in [0.1, 0.15) is 19.4 Å². The van der Waals surface area contributed by atoms with Crippen LogP contribution in [0, 0.1) is 0 Å². The molecule has 0 saturated carbocycles. The second-order valence-electron chi connectivity index (χ2n) is 6.16. The molecule has 1 aromatic rings. The summed E-state index contributed by atoms with van der Waals surface area (Å²) in [6, 6.07) is 8.05. The number of aliphatic hydroxyl groups excluding tert-OH is 1. The normalized spacial score (nSPS) is 20.5. The van der Waals surface area contributed by atoms with Crippen LogP contribution in [0.3, 0.4) is 0 Å². The number of piperazine rings is 1. The molecule has 0 spiro atoms. The van der Waals surface area contributed by atoms with Gasteiger partial charge in [-0.3, -0.25) is 9.69 Å². The minimum absolute atomic E-state index is 0.195. The SMILES string of the molecule is C[C@H](O)CN1CCN(C(=O)CSCc2cccc(Cl)c2)C[C@H]1C. The molecule has 0 radical (unpaired) electrons. The van der Waals surface area contributed by atoms with E-state index in [2.05, 4.69) is 11.8 Å². The fourth-order valence-corrected chi connectivity index (χ4v) is 3.89. The first-order chi connectivity index (χ1) is 11.0. The highest BCUT2D eigenvalue weighted by Crippen LogP contribution is 2.18. The number of thioether (sulfide) groups is 1. The first kappa shape index (κ1) is 18.6. The lowest BCUT2D eigenvalue weighted by atomic mass is 10.1. The molecule has 1 fully saturated rings. The summed E-state index contributed by atoms with van der Waals surface area (Å²) in [4.78, 5) is 16.5. The lowest BCUT2D eigenvalue weighted by Crippen LogP contribution is -2.55. The Morgan fingerprint density at radius 1 is 1.48 bits per heavy atom. The third-order valence-electron chi connectivity index (χ3n) is 4.00. The summed E-state index contributed by atoms with van der Waals surface area (Å²) in [6.45, 7) is 6.90. The van der Waals surface area contributed by atoms with Crippen molar-refractivity contribution in [2.24, 2.45) is 0 Å². The molecule has 1 aliphatic rings. The summed E-state index contributed by atoms with van der Waals surface area (Å²) in [5.41, 5.74) is 1.14. The van der Waals surface area contributed by atoms with E-state index in [4.69, 9.17) is 11.6 Å². The van der Waals surface area contributed by atoms with Crippen molar-refractivity contribution in [1.82, 2.24) is 9.80 Å². The highest BCUT2D eigenvalue weighted by molar-refractivity contribution is 7.99. The van der Waals surface area contributed by atoms with Crippen LogP contribution < -0.4 is 0 Å². The molecule has 2 atom stereocenters. The van der Waals surface area contributed by atoms with E-state index in [0.717, 1.165) is 36.0 Å². The number of amides is 1. The van der Waals surface area contributed by atoms with E-state index in [1.54, 1.807) is 18.7 Å². The molecular formula is C17H25ClN2O2S. The van der Waals surface area contributed by atoms with Crippen molar-refractivity contribution in [3.8, 4) is 0 Å². The van der Waals surface area contributed by atoms with Gasteiger partial charge in [-0.05, 0) is 31.5 Å². The smallest absolute Gasteiger partial charge is 0.232 e. The first-order valence-corrected chi connectivity index (χ1v) is 9.51. The second-order valence-corrected chi connectivity index (χ2v) is 7.58. The van der Waals surface area contributed by atoms with Gasteiger partial charge in [-0.1, -0.05) is 23.7 Å². The second kappa shape index (κ2) is 8.92. The van der Waals surface area contributed by atoms with E-state index in [0.29, 0.717) is 18.3 Å². The molecular weight excluding hydrogens is 332 g/mol. The van der Waals surface area contributed by atoms with E-state index in [1.165, 1.54) is 0 Å². The predicted molar refractivity (Wildman–Crippen MR) is 96.9 cm³/mol. The van der Waals surface area contributed by atoms with Crippen LogP contribution in [-0.4, -0.2) is 64.9 Å². The quantitative estimate of drug-likeness (QED) is 0.850. The molecule has 2 rings (SSSR count). The summed E-state index contributed by atoms with van der Waals surface area (Å²) < 4.78 is 0. The number of benzene rings is 1. The molecule has 1 aromatic carbocycles. The molecule has 1 amide bonds. The molecule has 6 heteroatoms. The molecule has 1 aliphatic heterocycles. The van der Waals surface area contributed by atoms with Crippen LogP contribution in [-0.2, 0) is 10.5 Å². The Hall–Kier alpha value is -0.750. The number of hydrogen-bond donors (Lipinski definition) is 1. The number of nitrogens with zero attached hydrogens (tertiary/aromatic N) is 2. The topological polar surface area (TPSA) is 43.8 Å². The van der Waals surface area contributed by atoms with Crippen LogP contribution in [0.4, 0.5) is 0 Å². The first-order valence-electron chi connectivity index (χ1n) is 7.98. The molecule has 1 saturated heterocycles. The van der Waals surface area contributed by atoms with Gasteiger partial charge in [0.2, 0.25) is 5.91 Å². The van der Waals surface area contributed by atoms with Crippen molar-refractivity contribution in [1.29, 1.82) is 0 Å². The predicted octanol–water partition coefficient (Wildman–Crippen LogP) is 2.49. The van der Waals surface area contributed by atoms with Crippen molar-refractivity contribution in [3.63, 3.8) is 0 Å². The Balaban J connectivity index is 1.74. The number of β-amino-alcohol motifs (C(OH)–C–C–N with tert-alkyl or cyclic N) is 1. The van der Waals surface area contributed by atoms with Gasteiger partial charge in [0.15, 0.2) is 0 Å². The molecule has 4 nitrogen and oxygen atoms in total. The number of carbonyl (C=O) groups excluding carboxylic acids is 1. The molecule has 1 N–H and O–H groups in total. The summed E-state index contributed by atoms with van der Waals surface area (Å²) in [5, 5.41) is 10.2. The van der Waals surface area contributed by atoms with Gasteiger partial charge in [0.05, 0.1) is 11.9 Å². The van der Waals surface area contributed by atoms with Gasteiger partial charge >= 0.3 is 0 Å². The van der Waals surface area contributed by atoms with Gasteiger partial charge in [0.1, 0.15) is 0 Å². The lowest BCUT2D eigenvalue weighted by Gasteiger charge is -2.40. The van der Waals surface area contributed by atoms with Gasteiger partial charge in [-0.15, -0.1) is 11.8 Å². The Bertz CT molecular complexity index is 527. The van der Waals surface area contributed by atoms with Crippen molar-refractivity contribution in [2.75, 3.05) is 31.9 Å². The third-order valence-corrected chi connectivity index (χ3v) is 5.22. The maximum absolute atomic E-state index is 12.3. The maximum atomic E-state index is 12.3. The highest BCUT2D eigenvalue weighted by Gasteiger charge is 2.26. The summed E-state index contributed by atoms with van der Waals surface area (Å²) >= 11 is 7.59. The fraction of sp³-hybridized carbons (Fsp3) is 0.588. The van der Waals surface area contributed by atoms with Crippen LogP contribution in [0.2, 0.25) is 5.02 Å². The monoisotopic (exact) mass is 356 g/mol. The van der Waals surface area contributed by atoms with Crippen LogP contribution >= 0.6 is 23.4 Å². The fourth-order valence-electron chi connectivity index (χ4n) is 2.81. The van der Waals surface area contributed by atoms with Crippen molar-refractivity contribution >= 4 is 29.3 Å². The van der Waals surface area contributed by atoms with E-state index >= 15 is 0 Å². The molecule has 0 unspecified atom stereocenters. The van der Waals surface area contributed by atoms with Crippen molar-refractivity contribution in [2.45, 2.75) is 31.7 Å². The summed E-state index contributed by atoms with van der Waals surface area (Å²) in [7, 11) is 0. The van der Waals surface area contributed by atoms with Gasteiger partial charge in [-0.25, -0.2) is 0 Å². The summed E-state index contributed by atoms with van der Waals surface area (Å²) in [5.74, 6) is 1.49. The number of halogens is 1. The number of rotatable bonds is 6. The van der Waals surface area contributed by atoms with Crippen molar-refractivity contribution in [3.05, 3.63) is 34.9 Å². The molecule has 0 bridgehead atoms. The number of hydrogen-bond acceptors (Lipinski definition) is 4.